The summed E-state index contributed by atoms with van der Waals surface area (Å²) in [6, 6.07) is 3.37. The van der Waals surface area contributed by atoms with Crippen LogP contribution in [0.15, 0.2) is 12.1 Å². The largest absolute Gasteiger partial charge is 0.490 e. The SMILES string of the molecule is CCCCCCCCc1ccc(OC[C@H]2CC[C@H]([C@H]3CC[C@H](CCC)CC3)CC2)c(F)c1F. The van der Waals surface area contributed by atoms with E-state index in [1.807, 2.05) is 0 Å². The molecule has 2 aliphatic rings. The highest BCUT2D eigenvalue weighted by Gasteiger charge is 2.31. The minimum absolute atomic E-state index is 0.0931. The second kappa shape index (κ2) is 14.3. The summed E-state index contributed by atoms with van der Waals surface area (Å²) in [5.74, 6) is 1.84. The van der Waals surface area contributed by atoms with Crippen LogP contribution in [0.25, 0.3) is 0 Å². The van der Waals surface area contributed by atoms with Crippen LogP contribution in [0.4, 0.5) is 8.78 Å². The lowest BCUT2D eigenvalue weighted by Crippen LogP contribution is -2.27. The Hall–Kier alpha value is -1.12. The van der Waals surface area contributed by atoms with E-state index in [4.69, 9.17) is 4.74 Å². The Morgan fingerprint density at radius 3 is 1.94 bits per heavy atom. The highest BCUT2D eigenvalue weighted by atomic mass is 19.2. The van der Waals surface area contributed by atoms with Crippen molar-refractivity contribution >= 4 is 0 Å². The van der Waals surface area contributed by atoms with Crippen LogP contribution in [0.1, 0.15) is 122 Å². The molecule has 0 saturated heterocycles. The van der Waals surface area contributed by atoms with Crippen LogP contribution in [0.5, 0.6) is 5.75 Å². The molecule has 2 fully saturated rings. The van der Waals surface area contributed by atoms with Crippen molar-refractivity contribution in [2.45, 2.75) is 123 Å². The van der Waals surface area contributed by atoms with Gasteiger partial charge in [-0.25, -0.2) is 4.39 Å². The molecule has 1 aromatic carbocycles. The zero-order valence-corrected chi connectivity index (χ0v) is 21.4. The standard InChI is InChI=1S/C30H48F2O/c1-3-5-6-7-8-9-11-27-20-21-28(30(32)29(27)31)33-22-24-14-18-26(19-15-24)25-16-12-23(10-4-2)13-17-25/h20-21,23-26H,3-19,22H2,1-2H3/t23-,24-,25-,26-. The average Bonchev–Trinajstić information content (AvgIpc) is 2.84. The third-order valence-electron chi connectivity index (χ3n) is 8.55. The van der Waals surface area contributed by atoms with Gasteiger partial charge in [0.15, 0.2) is 11.6 Å². The van der Waals surface area contributed by atoms with Crippen LogP contribution >= 0.6 is 0 Å². The van der Waals surface area contributed by atoms with Crippen LogP contribution in [0.2, 0.25) is 0 Å². The van der Waals surface area contributed by atoms with E-state index in [2.05, 4.69) is 13.8 Å². The Balaban J connectivity index is 1.37. The molecule has 0 aromatic heterocycles. The maximum atomic E-state index is 14.6. The third-order valence-corrected chi connectivity index (χ3v) is 8.55. The molecule has 0 N–H and O–H groups in total. The first kappa shape index (κ1) is 26.5. The monoisotopic (exact) mass is 462 g/mol. The summed E-state index contributed by atoms with van der Waals surface area (Å²) < 4.78 is 34.9. The normalized spacial score (nSPS) is 25.8. The van der Waals surface area contributed by atoms with Gasteiger partial charge in [-0.3, -0.25) is 0 Å². The van der Waals surface area contributed by atoms with Crippen LogP contribution in [-0.4, -0.2) is 6.61 Å². The lowest BCUT2D eigenvalue weighted by Gasteiger charge is -2.37. The highest BCUT2D eigenvalue weighted by Crippen LogP contribution is 2.42. The third kappa shape index (κ3) is 8.25. The number of hydrogen-bond acceptors (Lipinski definition) is 1. The lowest BCUT2D eigenvalue weighted by molar-refractivity contribution is 0.120. The summed E-state index contributed by atoms with van der Waals surface area (Å²) in [7, 11) is 0. The van der Waals surface area contributed by atoms with Crippen molar-refractivity contribution in [2.75, 3.05) is 6.61 Å². The van der Waals surface area contributed by atoms with E-state index in [1.165, 1.54) is 89.9 Å². The van der Waals surface area contributed by atoms with E-state index in [1.54, 1.807) is 12.1 Å². The number of ether oxygens (including phenoxy) is 1. The molecular formula is C30H48F2O. The molecule has 0 aliphatic heterocycles. The van der Waals surface area contributed by atoms with E-state index in [9.17, 15) is 8.78 Å². The van der Waals surface area contributed by atoms with Gasteiger partial charge in [0.25, 0.3) is 0 Å². The molecule has 0 bridgehead atoms. The van der Waals surface area contributed by atoms with E-state index in [0.29, 0.717) is 24.5 Å². The van der Waals surface area contributed by atoms with E-state index in [-0.39, 0.29) is 5.75 Å². The van der Waals surface area contributed by atoms with Crippen molar-refractivity contribution < 1.29 is 13.5 Å². The van der Waals surface area contributed by atoms with Gasteiger partial charge in [-0.2, -0.15) is 4.39 Å². The van der Waals surface area contributed by atoms with Gasteiger partial charge < -0.3 is 4.74 Å². The first-order valence-corrected chi connectivity index (χ1v) is 14.2. The Morgan fingerprint density at radius 1 is 0.697 bits per heavy atom. The van der Waals surface area contributed by atoms with Crippen molar-refractivity contribution in [3.8, 4) is 5.75 Å². The summed E-state index contributed by atoms with van der Waals surface area (Å²) in [5, 5.41) is 0. The van der Waals surface area contributed by atoms with Gasteiger partial charge in [0, 0.05) is 0 Å². The van der Waals surface area contributed by atoms with Gasteiger partial charge in [-0.05, 0) is 86.7 Å². The summed E-state index contributed by atoms with van der Waals surface area (Å²) in [6.45, 7) is 5.02. The van der Waals surface area contributed by atoms with Crippen LogP contribution in [0, 0.1) is 35.3 Å². The maximum Gasteiger partial charge on any atom is 0.200 e. The molecule has 0 unspecified atom stereocenters. The maximum absolute atomic E-state index is 14.6. The molecule has 2 aliphatic carbocycles. The molecule has 0 atom stereocenters. The Kier molecular flexibility index (Phi) is 11.5. The van der Waals surface area contributed by atoms with Gasteiger partial charge in [-0.15, -0.1) is 0 Å². The number of unbranched alkanes of at least 4 members (excludes halogenated alkanes) is 5. The molecule has 33 heavy (non-hydrogen) atoms. The summed E-state index contributed by atoms with van der Waals surface area (Å²) in [4.78, 5) is 0. The predicted octanol–water partition coefficient (Wildman–Crippen LogP) is 9.66. The number of hydrogen-bond donors (Lipinski definition) is 0. The first-order chi connectivity index (χ1) is 16.1. The molecule has 1 aromatic rings. The van der Waals surface area contributed by atoms with Gasteiger partial charge in [0.2, 0.25) is 5.82 Å². The molecule has 0 amide bonds. The fourth-order valence-corrected chi connectivity index (χ4v) is 6.36. The number of aryl methyl sites for hydroxylation is 1. The molecule has 2 saturated carbocycles. The minimum atomic E-state index is -0.795. The molecule has 3 rings (SSSR count). The number of rotatable bonds is 13. The van der Waals surface area contributed by atoms with Crippen molar-refractivity contribution in [3.05, 3.63) is 29.3 Å². The van der Waals surface area contributed by atoms with Crippen LogP contribution in [-0.2, 0) is 6.42 Å². The highest BCUT2D eigenvalue weighted by molar-refractivity contribution is 5.31. The second-order valence-electron chi connectivity index (χ2n) is 11.0. The molecule has 3 heteroatoms. The van der Waals surface area contributed by atoms with Crippen molar-refractivity contribution in [3.63, 3.8) is 0 Å². The fourth-order valence-electron chi connectivity index (χ4n) is 6.36. The lowest BCUT2D eigenvalue weighted by atomic mass is 9.69. The van der Waals surface area contributed by atoms with Crippen molar-refractivity contribution in [2.24, 2.45) is 23.7 Å². The van der Waals surface area contributed by atoms with E-state index < -0.39 is 11.6 Å². The fraction of sp³-hybridized carbons (Fsp3) is 0.800. The van der Waals surface area contributed by atoms with Gasteiger partial charge in [0.05, 0.1) is 6.61 Å². The molecule has 188 valence electrons. The summed E-state index contributed by atoms with van der Waals surface area (Å²) in [5.41, 5.74) is 0.490. The van der Waals surface area contributed by atoms with Crippen LogP contribution < -0.4 is 4.74 Å². The smallest absolute Gasteiger partial charge is 0.200 e. The average molecular weight is 463 g/mol. The van der Waals surface area contributed by atoms with Crippen LogP contribution in [0.3, 0.4) is 0 Å². The topological polar surface area (TPSA) is 9.23 Å². The minimum Gasteiger partial charge on any atom is -0.490 e. The molecule has 1 nitrogen and oxygen atoms in total. The first-order valence-electron chi connectivity index (χ1n) is 14.2. The number of halogens is 2. The second-order valence-corrected chi connectivity index (χ2v) is 11.0. The van der Waals surface area contributed by atoms with Crippen molar-refractivity contribution in [1.82, 2.24) is 0 Å². The molecule has 0 spiro atoms. The van der Waals surface area contributed by atoms with E-state index in [0.717, 1.165) is 30.6 Å². The number of benzene rings is 1. The molecule has 0 radical (unpaired) electrons. The zero-order chi connectivity index (χ0) is 23.5. The Morgan fingerprint density at radius 2 is 1.30 bits per heavy atom. The van der Waals surface area contributed by atoms with Crippen molar-refractivity contribution in [1.29, 1.82) is 0 Å². The Bertz CT molecular complexity index is 672. The zero-order valence-electron chi connectivity index (χ0n) is 21.4. The summed E-state index contributed by atoms with van der Waals surface area (Å²) in [6.07, 6.45) is 20.9. The molecule has 0 heterocycles. The quantitative estimate of drug-likeness (QED) is 0.265. The van der Waals surface area contributed by atoms with Gasteiger partial charge in [0.1, 0.15) is 0 Å². The Labute approximate surface area is 202 Å². The molecular weight excluding hydrogens is 414 g/mol. The summed E-state index contributed by atoms with van der Waals surface area (Å²) >= 11 is 0. The van der Waals surface area contributed by atoms with E-state index >= 15 is 0 Å². The van der Waals surface area contributed by atoms with Gasteiger partial charge >= 0.3 is 0 Å². The van der Waals surface area contributed by atoms with Gasteiger partial charge in [-0.1, -0.05) is 77.7 Å². The predicted molar refractivity (Wildman–Crippen MR) is 135 cm³/mol.